The Kier molecular flexibility index (Phi) is 4.32. The molecule has 1 fully saturated rings. The van der Waals surface area contributed by atoms with Crippen LogP contribution in [0.25, 0.3) is 0 Å². The van der Waals surface area contributed by atoms with E-state index in [0.717, 1.165) is 12.2 Å². The summed E-state index contributed by atoms with van der Waals surface area (Å²) in [7, 11) is 0. The number of aliphatic hydroxyl groups is 1. The molecule has 0 aromatic rings. The van der Waals surface area contributed by atoms with E-state index in [1.54, 1.807) is 0 Å². The second-order valence-corrected chi connectivity index (χ2v) is 4.76. The summed E-state index contributed by atoms with van der Waals surface area (Å²) in [6.07, 6.45) is 0.301. The van der Waals surface area contributed by atoms with Crippen molar-refractivity contribution in [1.29, 1.82) is 0 Å². The third-order valence-electron chi connectivity index (χ3n) is 2.02. The van der Waals surface area contributed by atoms with Crippen LogP contribution in [-0.4, -0.2) is 41.5 Å². The van der Waals surface area contributed by atoms with Crippen molar-refractivity contribution in [3.05, 3.63) is 0 Å². The molecule has 3 atom stereocenters. The fraction of sp³-hybridized carbons (Fsp3) is 1.00. The van der Waals surface area contributed by atoms with Crippen molar-refractivity contribution in [1.82, 2.24) is 5.32 Å². The minimum absolute atomic E-state index is 0.383. The molecular formula is C8H16FNOS. The Balaban J connectivity index is 2.07. The molecule has 0 spiro atoms. The highest BCUT2D eigenvalue weighted by Crippen LogP contribution is 2.25. The highest BCUT2D eigenvalue weighted by molar-refractivity contribution is 8.00. The average Bonchev–Trinajstić information content (AvgIpc) is 2.47. The zero-order valence-electron chi connectivity index (χ0n) is 7.29. The number of nitrogens with one attached hydrogen (secondary N) is 1. The molecule has 4 heteroatoms. The average molecular weight is 193 g/mol. The predicted octanol–water partition coefficient (Wildman–Crippen LogP) is 0.800. The lowest BCUT2D eigenvalue weighted by atomic mass is 10.2. The first-order chi connectivity index (χ1) is 5.72. The van der Waals surface area contributed by atoms with E-state index >= 15 is 0 Å². The third kappa shape index (κ3) is 3.29. The predicted molar refractivity (Wildman–Crippen MR) is 50.3 cm³/mol. The summed E-state index contributed by atoms with van der Waals surface area (Å²) in [5.74, 6) is 1.08. The SMILES string of the molecule is CC1CC(NCC(O)CF)CS1. The molecule has 0 radical (unpaired) electrons. The number of aliphatic hydroxyl groups excluding tert-OH is 1. The van der Waals surface area contributed by atoms with Crippen LogP contribution < -0.4 is 5.32 Å². The monoisotopic (exact) mass is 193 g/mol. The van der Waals surface area contributed by atoms with Gasteiger partial charge in [0.2, 0.25) is 0 Å². The van der Waals surface area contributed by atoms with Gasteiger partial charge in [0.05, 0.1) is 6.10 Å². The maximum atomic E-state index is 11.8. The first kappa shape index (κ1) is 10.3. The van der Waals surface area contributed by atoms with Crippen molar-refractivity contribution in [2.45, 2.75) is 30.7 Å². The molecule has 1 heterocycles. The van der Waals surface area contributed by atoms with Gasteiger partial charge in [0, 0.05) is 23.6 Å². The Hall–Kier alpha value is 0.200. The van der Waals surface area contributed by atoms with Gasteiger partial charge in [0.25, 0.3) is 0 Å². The Morgan fingerprint density at radius 1 is 1.75 bits per heavy atom. The zero-order valence-corrected chi connectivity index (χ0v) is 8.11. The Morgan fingerprint density at radius 2 is 2.50 bits per heavy atom. The molecule has 2 nitrogen and oxygen atoms in total. The summed E-state index contributed by atoms with van der Waals surface area (Å²) in [5, 5.41) is 12.8. The van der Waals surface area contributed by atoms with E-state index in [0.29, 0.717) is 17.8 Å². The maximum Gasteiger partial charge on any atom is 0.117 e. The minimum Gasteiger partial charge on any atom is -0.389 e. The minimum atomic E-state index is -0.828. The lowest BCUT2D eigenvalue weighted by Gasteiger charge is -2.13. The summed E-state index contributed by atoms with van der Waals surface area (Å²) in [5.41, 5.74) is 0. The number of halogens is 1. The van der Waals surface area contributed by atoms with Crippen LogP contribution in [0.15, 0.2) is 0 Å². The molecule has 1 aliphatic heterocycles. The van der Waals surface area contributed by atoms with Crippen LogP contribution in [0.5, 0.6) is 0 Å². The van der Waals surface area contributed by atoms with Gasteiger partial charge >= 0.3 is 0 Å². The van der Waals surface area contributed by atoms with Crippen molar-refractivity contribution in [2.24, 2.45) is 0 Å². The molecule has 72 valence electrons. The second-order valence-electron chi connectivity index (χ2n) is 3.29. The van der Waals surface area contributed by atoms with E-state index in [-0.39, 0.29) is 0 Å². The summed E-state index contributed by atoms with van der Waals surface area (Å²) in [6, 6.07) is 0.464. The maximum absolute atomic E-state index is 11.8. The van der Waals surface area contributed by atoms with Crippen molar-refractivity contribution in [3.63, 3.8) is 0 Å². The van der Waals surface area contributed by atoms with E-state index < -0.39 is 12.8 Å². The van der Waals surface area contributed by atoms with Crippen LogP contribution in [0.1, 0.15) is 13.3 Å². The van der Waals surface area contributed by atoms with Gasteiger partial charge in [0.1, 0.15) is 6.67 Å². The van der Waals surface area contributed by atoms with Crippen LogP contribution >= 0.6 is 11.8 Å². The summed E-state index contributed by atoms with van der Waals surface area (Å²) >= 11 is 1.93. The highest BCUT2D eigenvalue weighted by Gasteiger charge is 2.21. The van der Waals surface area contributed by atoms with Gasteiger partial charge in [-0.05, 0) is 6.42 Å². The van der Waals surface area contributed by atoms with Gasteiger partial charge in [-0.1, -0.05) is 6.92 Å². The molecule has 2 N–H and O–H groups in total. The molecule has 3 unspecified atom stereocenters. The van der Waals surface area contributed by atoms with Crippen LogP contribution in [0, 0.1) is 0 Å². The summed E-state index contributed by atoms with van der Waals surface area (Å²) < 4.78 is 11.8. The standard InChI is InChI=1S/C8H16FNOS/c1-6-2-7(5-12-6)10-4-8(11)3-9/h6-8,10-11H,2-5H2,1H3. The second kappa shape index (κ2) is 5.04. The van der Waals surface area contributed by atoms with E-state index in [2.05, 4.69) is 12.2 Å². The highest BCUT2D eigenvalue weighted by atomic mass is 32.2. The Bertz CT molecular complexity index is 136. The van der Waals surface area contributed by atoms with Crippen molar-refractivity contribution in [2.75, 3.05) is 19.0 Å². The normalized spacial score (nSPS) is 32.2. The molecule has 0 saturated carbocycles. The van der Waals surface area contributed by atoms with Gasteiger partial charge in [-0.3, -0.25) is 0 Å². The molecular weight excluding hydrogens is 177 g/mol. The number of alkyl halides is 1. The molecule has 0 bridgehead atoms. The van der Waals surface area contributed by atoms with Crippen molar-refractivity contribution in [3.8, 4) is 0 Å². The van der Waals surface area contributed by atoms with Crippen LogP contribution in [0.4, 0.5) is 4.39 Å². The Labute approximate surface area is 76.9 Å². The molecule has 0 aliphatic carbocycles. The van der Waals surface area contributed by atoms with Gasteiger partial charge in [0.15, 0.2) is 0 Å². The number of thioether (sulfide) groups is 1. The van der Waals surface area contributed by atoms with Crippen molar-refractivity contribution >= 4 is 11.8 Å². The molecule has 1 aliphatic rings. The van der Waals surface area contributed by atoms with Crippen LogP contribution in [0.3, 0.4) is 0 Å². The van der Waals surface area contributed by atoms with E-state index in [1.165, 1.54) is 0 Å². The van der Waals surface area contributed by atoms with Gasteiger partial charge < -0.3 is 10.4 Å². The summed E-state index contributed by atoms with van der Waals surface area (Å²) in [6.45, 7) is 1.93. The van der Waals surface area contributed by atoms with Crippen LogP contribution in [-0.2, 0) is 0 Å². The quantitative estimate of drug-likeness (QED) is 0.692. The molecule has 1 saturated heterocycles. The van der Waals surface area contributed by atoms with Gasteiger partial charge in [-0.25, -0.2) is 4.39 Å². The summed E-state index contributed by atoms with van der Waals surface area (Å²) in [4.78, 5) is 0. The topological polar surface area (TPSA) is 32.3 Å². The largest absolute Gasteiger partial charge is 0.389 e. The first-order valence-electron chi connectivity index (χ1n) is 4.31. The van der Waals surface area contributed by atoms with Gasteiger partial charge in [-0.2, -0.15) is 11.8 Å². The van der Waals surface area contributed by atoms with Crippen molar-refractivity contribution < 1.29 is 9.50 Å². The van der Waals surface area contributed by atoms with E-state index in [1.807, 2.05) is 11.8 Å². The number of rotatable bonds is 4. The fourth-order valence-electron chi connectivity index (χ4n) is 1.32. The third-order valence-corrected chi connectivity index (χ3v) is 3.37. The Morgan fingerprint density at radius 3 is 3.00 bits per heavy atom. The molecule has 0 aromatic heterocycles. The lowest BCUT2D eigenvalue weighted by molar-refractivity contribution is 0.135. The molecule has 1 rings (SSSR count). The lowest BCUT2D eigenvalue weighted by Crippen LogP contribution is -2.36. The molecule has 0 aromatic carbocycles. The fourth-order valence-corrected chi connectivity index (χ4v) is 2.50. The number of hydrogen-bond donors (Lipinski definition) is 2. The molecule has 0 amide bonds. The van der Waals surface area contributed by atoms with E-state index in [9.17, 15) is 4.39 Å². The number of hydrogen-bond acceptors (Lipinski definition) is 3. The smallest absolute Gasteiger partial charge is 0.117 e. The molecule has 12 heavy (non-hydrogen) atoms. The van der Waals surface area contributed by atoms with Gasteiger partial charge in [-0.15, -0.1) is 0 Å². The van der Waals surface area contributed by atoms with Crippen LogP contribution in [0.2, 0.25) is 0 Å². The van der Waals surface area contributed by atoms with E-state index in [4.69, 9.17) is 5.11 Å². The zero-order chi connectivity index (χ0) is 8.97. The first-order valence-corrected chi connectivity index (χ1v) is 5.36.